The van der Waals surface area contributed by atoms with Crippen molar-refractivity contribution in [3.05, 3.63) is 59.7 Å². The summed E-state index contributed by atoms with van der Waals surface area (Å²) in [6.07, 6.45) is 0.976. The van der Waals surface area contributed by atoms with E-state index >= 15 is 0 Å². The third kappa shape index (κ3) is 6.42. The zero-order valence-electron chi connectivity index (χ0n) is 16.1. The number of anilines is 2. The number of carbonyl (C=O) groups excluding carboxylic acids is 2. The predicted molar refractivity (Wildman–Crippen MR) is 108 cm³/mol. The topological polar surface area (TPSA) is 70.7 Å². The molecule has 0 aromatic heterocycles. The average Bonchev–Trinajstić information content (AvgIpc) is 2.67. The second kappa shape index (κ2) is 10.3. The van der Waals surface area contributed by atoms with Crippen molar-refractivity contribution in [2.75, 3.05) is 23.9 Å². The van der Waals surface area contributed by atoms with Gasteiger partial charge in [-0.15, -0.1) is 0 Å². The molecule has 0 heterocycles. The van der Waals surface area contributed by atoms with Gasteiger partial charge in [0.2, 0.25) is 5.91 Å². The lowest BCUT2D eigenvalue weighted by Crippen LogP contribution is -2.28. The molecule has 0 saturated carbocycles. The van der Waals surface area contributed by atoms with Gasteiger partial charge in [0.05, 0.1) is 6.61 Å². The first kappa shape index (κ1) is 20.5. The van der Waals surface area contributed by atoms with E-state index in [1.807, 2.05) is 24.3 Å². The first-order valence-corrected chi connectivity index (χ1v) is 9.05. The van der Waals surface area contributed by atoms with Gasteiger partial charge in [-0.25, -0.2) is 4.79 Å². The van der Waals surface area contributed by atoms with E-state index in [0.29, 0.717) is 18.8 Å². The maximum Gasteiger partial charge on any atom is 0.319 e. The molecule has 0 saturated heterocycles. The summed E-state index contributed by atoms with van der Waals surface area (Å²) in [4.78, 5) is 25.1. The van der Waals surface area contributed by atoms with Gasteiger partial charge in [-0.05, 0) is 41.8 Å². The summed E-state index contributed by atoms with van der Waals surface area (Å²) in [5.74, 6) is -0.0463. The zero-order valence-corrected chi connectivity index (χ0v) is 16.1. The van der Waals surface area contributed by atoms with Crippen LogP contribution in [0.25, 0.3) is 0 Å². The maximum atomic E-state index is 12.2. The highest BCUT2D eigenvalue weighted by Crippen LogP contribution is 2.17. The van der Waals surface area contributed by atoms with Crippen LogP contribution in [0, 0.1) is 0 Å². The van der Waals surface area contributed by atoms with Gasteiger partial charge in [0, 0.05) is 38.5 Å². The Hall–Kier alpha value is -2.86. The van der Waals surface area contributed by atoms with E-state index in [1.165, 1.54) is 6.92 Å². The fourth-order valence-electron chi connectivity index (χ4n) is 2.50. The van der Waals surface area contributed by atoms with Crippen LogP contribution in [-0.4, -0.2) is 25.6 Å². The Labute approximate surface area is 160 Å². The van der Waals surface area contributed by atoms with Gasteiger partial charge in [-0.2, -0.15) is 0 Å². The quantitative estimate of drug-likeness (QED) is 0.693. The summed E-state index contributed by atoms with van der Waals surface area (Å²) in [7, 11) is 1.71. The highest BCUT2D eigenvalue weighted by Gasteiger charge is 2.07. The van der Waals surface area contributed by atoms with E-state index in [9.17, 15) is 9.59 Å². The van der Waals surface area contributed by atoms with E-state index in [0.717, 1.165) is 29.8 Å². The van der Waals surface area contributed by atoms with Crippen LogP contribution in [0.5, 0.6) is 0 Å². The van der Waals surface area contributed by atoms with Crippen LogP contribution in [0.1, 0.15) is 31.4 Å². The molecule has 6 nitrogen and oxygen atoms in total. The molecular weight excluding hydrogens is 342 g/mol. The maximum absolute atomic E-state index is 12.2. The number of urea groups is 1. The van der Waals surface area contributed by atoms with Crippen LogP contribution in [-0.2, 0) is 22.7 Å². The molecule has 6 heteroatoms. The SMILES string of the molecule is CCCOCc1ccccc1CNC(=O)Nc1ccc(N(C)C(C)=O)cc1. The van der Waals surface area contributed by atoms with Crippen molar-refractivity contribution in [1.82, 2.24) is 5.32 Å². The molecule has 0 atom stereocenters. The van der Waals surface area contributed by atoms with Crippen molar-refractivity contribution in [1.29, 1.82) is 0 Å². The van der Waals surface area contributed by atoms with Gasteiger partial charge < -0.3 is 20.3 Å². The monoisotopic (exact) mass is 369 g/mol. The fraction of sp³-hybridized carbons (Fsp3) is 0.333. The number of nitrogens with one attached hydrogen (secondary N) is 2. The number of hydrogen-bond acceptors (Lipinski definition) is 3. The van der Waals surface area contributed by atoms with Crippen molar-refractivity contribution in [2.45, 2.75) is 33.4 Å². The Morgan fingerprint density at radius 3 is 2.33 bits per heavy atom. The van der Waals surface area contributed by atoms with E-state index < -0.39 is 0 Å². The number of nitrogens with zero attached hydrogens (tertiary/aromatic N) is 1. The molecule has 2 rings (SSSR count). The second-order valence-electron chi connectivity index (χ2n) is 6.25. The molecule has 0 fully saturated rings. The van der Waals surface area contributed by atoms with Gasteiger partial charge in [0.25, 0.3) is 0 Å². The summed E-state index contributed by atoms with van der Waals surface area (Å²) in [6.45, 7) is 5.26. The fourth-order valence-corrected chi connectivity index (χ4v) is 2.50. The third-order valence-electron chi connectivity index (χ3n) is 4.15. The van der Waals surface area contributed by atoms with Gasteiger partial charge in [0.1, 0.15) is 0 Å². The number of amides is 3. The van der Waals surface area contributed by atoms with Gasteiger partial charge in [0.15, 0.2) is 0 Å². The molecule has 3 amide bonds. The molecular formula is C21H27N3O3. The van der Waals surface area contributed by atoms with E-state index in [4.69, 9.17) is 4.74 Å². The summed E-state index contributed by atoms with van der Waals surface area (Å²) >= 11 is 0. The molecule has 2 aromatic carbocycles. The molecule has 0 aliphatic rings. The molecule has 0 aliphatic carbocycles. The number of benzene rings is 2. The van der Waals surface area contributed by atoms with Gasteiger partial charge >= 0.3 is 6.03 Å². The van der Waals surface area contributed by atoms with Crippen molar-refractivity contribution in [3.63, 3.8) is 0 Å². The zero-order chi connectivity index (χ0) is 19.6. The molecule has 0 bridgehead atoms. The van der Waals surface area contributed by atoms with Crippen LogP contribution in [0.2, 0.25) is 0 Å². The first-order chi connectivity index (χ1) is 13.0. The number of rotatable bonds is 8. The van der Waals surface area contributed by atoms with E-state index in [2.05, 4.69) is 17.6 Å². The smallest absolute Gasteiger partial charge is 0.319 e. The van der Waals surface area contributed by atoms with Crippen LogP contribution < -0.4 is 15.5 Å². The minimum atomic E-state index is -0.285. The van der Waals surface area contributed by atoms with Crippen LogP contribution in [0.3, 0.4) is 0 Å². The molecule has 0 aliphatic heterocycles. The minimum Gasteiger partial charge on any atom is -0.377 e. The summed E-state index contributed by atoms with van der Waals surface area (Å²) in [5.41, 5.74) is 3.53. The highest BCUT2D eigenvalue weighted by atomic mass is 16.5. The Balaban J connectivity index is 1.88. The Kier molecular flexibility index (Phi) is 7.82. The van der Waals surface area contributed by atoms with Gasteiger partial charge in [-0.3, -0.25) is 4.79 Å². The van der Waals surface area contributed by atoms with Crippen LogP contribution >= 0.6 is 0 Å². The molecule has 27 heavy (non-hydrogen) atoms. The Morgan fingerprint density at radius 1 is 1.04 bits per heavy atom. The van der Waals surface area contributed by atoms with Crippen molar-refractivity contribution >= 4 is 23.3 Å². The average molecular weight is 369 g/mol. The second-order valence-corrected chi connectivity index (χ2v) is 6.25. The van der Waals surface area contributed by atoms with Crippen molar-refractivity contribution in [3.8, 4) is 0 Å². The summed E-state index contributed by atoms with van der Waals surface area (Å²) in [6, 6.07) is 14.7. The lowest BCUT2D eigenvalue weighted by molar-refractivity contribution is -0.116. The molecule has 0 unspecified atom stereocenters. The van der Waals surface area contributed by atoms with Crippen LogP contribution in [0.15, 0.2) is 48.5 Å². The standard InChI is InChI=1S/C21H27N3O3/c1-4-13-27-15-18-8-6-5-7-17(18)14-22-21(26)23-19-9-11-20(12-10-19)24(3)16(2)25/h5-12H,4,13-15H2,1-3H3,(H2,22,23,26). The third-order valence-corrected chi connectivity index (χ3v) is 4.15. The van der Waals surface area contributed by atoms with Gasteiger partial charge in [-0.1, -0.05) is 31.2 Å². The molecule has 144 valence electrons. The molecule has 0 radical (unpaired) electrons. The summed E-state index contributed by atoms with van der Waals surface area (Å²) < 4.78 is 5.60. The number of carbonyl (C=O) groups is 2. The normalized spacial score (nSPS) is 10.3. The lowest BCUT2D eigenvalue weighted by atomic mass is 10.1. The van der Waals surface area contributed by atoms with Crippen LogP contribution in [0.4, 0.5) is 16.2 Å². The minimum absolute atomic E-state index is 0.0463. The predicted octanol–water partition coefficient (Wildman–Crippen LogP) is 3.92. The molecule has 0 spiro atoms. The highest BCUT2D eigenvalue weighted by molar-refractivity contribution is 5.92. The van der Waals surface area contributed by atoms with Crippen molar-refractivity contribution in [2.24, 2.45) is 0 Å². The Morgan fingerprint density at radius 2 is 1.70 bits per heavy atom. The first-order valence-electron chi connectivity index (χ1n) is 9.05. The van der Waals surface area contributed by atoms with E-state index in [1.54, 1.807) is 36.2 Å². The molecule has 2 aromatic rings. The summed E-state index contributed by atoms with van der Waals surface area (Å²) in [5, 5.41) is 5.66. The molecule has 2 N–H and O–H groups in total. The lowest BCUT2D eigenvalue weighted by Gasteiger charge is -2.15. The van der Waals surface area contributed by atoms with E-state index in [-0.39, 0.29) is 11.9 Å². The number of hydrogen-bond donors (Lipinski definition) is 2. The number of ether oxygens (including phenoxy) is 1. The Bertz CT molecular complexity index is 760. The van der Waals surface area contributed by atoms with Crippen molar-refractivity contribution < 1.29 is 14.3 Å². The largest absolute Gasteiger partial charge is 0.377 e.